The predicted molar refractivity (Wildman–Crippen MR) is 85.1 cm³/mol. The maximum absolute atomic E-state index is 6.19. The van der Waals surface area contributed by atoms with Gasteiger partial charge in [0.1, 0.15) is 0 Å². The van der Waals surface area contributed by atoms with Gasteiger partial charge in [0.25, 0.3) is 0 Å². The van der Waals surface area contributed by atoms with E-state index < -0.39 is 0 Å². The predicted octanol–water partition coefficient (Wildman–Crippen LogP) is 3.12. The standard InChI is InChI=1S/C18H26N2O/c19-16-4-3-14-5-9-20(13-15(14)11-16)17-6-10-21-18(12-17)7-1-2-8-18/h3-4,11,17H,1-2,5-10,12-13,19H2. The average molecular weight is 286 g/mol. The number of nitrogens with zero attached hydrogens (tertiary/aromatic N) is 1. The van der Waals surface area contributed by atoms with E-state index in [1.165, 1.54) is 62.6 Å². The highest BCUT2D eigenvalue weighted by Gasteiger charge is 2.41. The van der Waals surface area contributed by atoms with Crippen molar-refractivity contribution in [2.75, 3.05) is 18.9 Å². The van der Waals surface area contributed by atoms with Crippen LogP contribution in [0, 0.1) is 0 Å². The lowest BCUT2D eigenvalue weighted by Gasteiger charge is -2.44. The summed E-state index contributed by atoms with van der Waals surface area (Å²) in [5.41, 5.74) is 10.0. The fourth-order valence-electron chi connectivity index (χ4n) is 4.59. The van der Waals surface area contributed by atoms with Crippen LogP contribution in [0.5, 0.6) is 0 Å². The highest BCUT2D eigenvalue weighted by Crippen LogP contribution is 2.41. The Morgan fingerprint density at radius 3 is 2.90 bits per heavy atom. The van der Waals surface area contributed by atoms with E-state index in [1.807, 2.05) is 6.07 Å². The number of nitrogen functional groups attached to an aromatic ring is 1. The first-order valence-electron chi connectivity index (χ1n) is 8.49. The number of hydrogen-bond donors (Lipinski definition) is 1. The molecule has 2 heterocycles. The normalized spacial score (nSPS) is 28.7. The lowest BCUT2D eigenvalue weighted by atomic mass is 9.86. The average Bonchev–Trinajstić information content (AvgIpc) is 2.94. The molecule has 1 atom stereocenters. The van der Waals surface area contributed by atoms with Crippen molar-refractivity contribution in [1.29, 1.82) is 0 Å². The Balaban J connectivity index is 1.49. The number of ether oxygens (including phenoxy) is 1. The zero-order valence-electron chi connectivity index (χ0n) is 12.8. The van der Waals surface area contributed by atoms with Crippen molar-refractivity contribution in [2.24, 2.45) is 0 Å². The second-order valence-electron chi connectivity index (χ2n) is 7.13. The number of benzene rings is 1. The summed E-state index contributed by atoms with van der Waals surface area (Å²) < 4.78 is 6.19. The van der Waals surface area contributed by atoms with E-state index >= 15 is 0 Å². The van der Waals surface area contributed by atoms with Crippen LogP contribution in [0.4, 0.5) is 5.69 Å². The molecule has 1 aromatic rings. The molecule has 0 bridgehead atoms. The van der Waals surface area contributed by atoms with Crippen LogP contribution in [-0.2, 0) is 17.7 Å². The van der Waals surface area contributed by atoms with Gasteiger partial charge in [0, 0.05) is 31.4 Å². The maximum atomic E-state index is 6.19. The molecule has 1 saturated heterocycles. The SMILES string of the molecule is Nc1ccc2c(c1)CN(C1CCOC3(CCCC3)C1)CC2. The fourth-order valence-corrected chi connectivity index (χ4v) is 4.59. The minimum absolute atomic E-state index is 0.221. The Bertz CT molecular complexity index is 522. The lowest BCUT2D eigenvalue weighted by Crippen LogP contribution is -2.48. The van der Waals surface area contributed by atoms with Crippen molar-refractivity contribution in [3.05, 3.63) is 29.3 Å². The van der Waals surface area contributed by atoms with Crippen LogP contribution in [0.1, 0.15) is 49.7 Å². The van der Waals surface area contributed by atoms with Gasteiger partial charge in [-0.25, -0.2) is 0 Å². The maximum Gasteiger partial charge on any atom is 0.0697 e. The molecule has 2 aliphatic heterocycles. The van der Waals surface area contributed by atoms with E-state index in [4.69, 9.17) is 10.5 Å². The number of nitrogens with two attached hydrogens (primary N) is 1. The topological polar surface area (TPSA) is 38.5 Å². The van der Waals surface area contributed by atoms with E-state index in [9.17, 15) is 0 Å². The number of anilines is 1. The quantitative estimate of drug-likeness (QED) is 0.806. The minimum atomic E-state index is 0.221. The van der Waals surface area contributed by atoms with Gasteiger partial charge in [0.2, 0.25) is 0 Å². The largest absolute Gasteiger partial charge is 0.399 e. The van der Waals surface area contributed by atoms with Gasteiger partial charge in [-0.3, -0.25) is 4.90 Å². The summed E-state index contributed by atoms with van der Waals surface area (Å²) in [5.74, 6) is 0. The molecule has 21 heavy (non-hydrogen) atoms. The van der Waals surface area contributed by atoms with Gasteiger partial charge in [-0.05, 0) is 55.4 Å². The molecule has 3 aliphatic rings. The summed E-state index contributed by atoms with van der Waals surface area (Å²) in [6.07, 6.45) is 8.87. The molecule has 1 spiro atoms. The zero-order valence-corrected chi connectivity index (χ0v) is 12.8. The summed E-state index contributed by atoms with van der Waals surface area (Å²) in [4.78, 5) is 2.68. The Hall–Kier alpha value is -1.06. The molecular formula is C18H26N2O. The van der Waals surface area contributed by atoms with Crippen molar-refractivity contribution >= 4 is 5.69 Å². The third-order valence-corrected chi connectivity index (χ3v) is 5.77. The molecule has 1 saturated carbocycles. The second-order valence-corrected chi connectivity index (χ2v) is 7.13. The highest BCUT2D eigenvalue weighted by atomic mass is 16.5. The molecule has 3 nitrogen and oxygen atoms in total. The number of rotatable bonds is 1. The Kier molecular flexibility index (Phi) is 3.43. The van der Waals surface area contributed by atoms with Gasteiger partial charge in [-0.15, -0.1) is 0 Å². The molecule has 0 amide bonds. The molecule has 2 N–H and O–H groups in total. The summed E-state index contributed by atoms with van der Waals surface area (Å²) in [5, 5.41) is 0. The summed E-state index contributed by atoms with van der Waals surface area (Å²) in [7, 11) is 0. The summed E-state index contributed by atoms with van der Waals surface area (Å²) >= 11 is 0. The Morgan fingerprint density at radius 2 is 2.05 bits per heavy atom. The highest BCUT2D eigenvalue weighted by molar-refractivity contribution is 5.45. The first-order valence-corrected chi connectivity index (χ1v) is 8.49. The van der Waals surface area contributed by atoms with Crippen LogP contribution in [0.15, 0.2) is 18.2 Å². The smallest absolute Gasteiger partial charge is 0.0697 e. The van der Waals surface area contributed by atoms with Crippen LogP contribution in [0.3, 0.4) is 0 Å². The first kappa shape index (κ1) is 13.6. The molecular weight excluding hydrogens is 260 g/mol. The number of fused-ring (bicyclic) bond motifs is 1. The van der Waals surface area contributed by atoms with Gasteiger partial charge in [-0.2, -0.15) is 0 Å². The Morgan fingerprint density at radius 1 is 1.19 bits per heavy atom. The first-order chi connectivity index (χ1) is 10.2. The molecule has 3 heteroatoms. The van der Waals surface area contributed by atoms with Crippen molar-refractivity contribution in [2.45, 2.75) is 63.1 Å². The Labute approximate surface area is 127 Å². The third-order valence-electron chi connectivity index (χ3n) is 5.77. The van der Waals surface area contributed by atoms with E-state index in [0.717, 1.165) is 18.8 Å². The molecule has 4 rings (SSSR count). The lowest BCUT2D eigenvalue weighted by molar-refractivity contribution is -0.103. The van der Waals surface area contributed by atoms with Crippen molar-refractivity contribution in [3.8, 4) is 0 Å². The second kappa shape index (κ2) is 5.29. The van der Waals surface area contributed by atoms with E-state index in [1.54, 1.807) is 0 Å². The van der Waals surface area contributed by atoms with Gasteiger partial charge in [0.15, 0.2) is 0 Å². The van der Waals surface area contributed by atoms with Crippen LogP contribution < -0.4 is 5.73 Å². The van der Waals surface area contributed by atoms with Gasteiger partial charge in [0.05, 0.1) is 5.60 Å². The summed E-state index contributed by atoms with van der Waals surface area (Å²) in [6, 6.07) is 7.12. The summed E-state index contributed by atoms with van der Waals surface area (Å²) in [6.45, 7) is 3.21. The molecule has 1 aliphatic carbocycles. The zero-order chi connectivity index (χ0) is 14.3. The van der Waals surface area contributed by atoms with Crippen LogP contribution >= 0.6 is 0 Å². The third kappa shape index (κ3) is 2.58. The molecule has 0 aromatic heterocycles. The van der Waals surface area contributed by atoms with Crippen molar-refractivity contribution in [3.63, 3.8) is 0 Å². The van der Waals surface area contributed by atoms with Crippen LogP contribution in [-0.4, -0.2) is 29.7 Å². The minimum Gasteiger partial charge on any atom is -0.399 e. The van der Waals surface area contributed by atoms with Crippen LogP contribution in [0.2, 0.25) is 0 Å². The molecule has 1 unspecified atom stereocenters. The van der Waals surface area contributed by atoms with E-state index in [0.29, 0.717) is 6.04 Å². The molecule has 1 aromatic carbocycles. The van der Waals surface area contributed by atoms with Gasteiger partial charge >= 0.3 is 0 Å². The number of hydrogen-bond acceptors (Lipinski definition) is 3. The molecule has 2 fully saturated rings. The van der Waals surface area contributed by atoms with E-state index in [-0.39, 0.29) is 5.60 Å². The molecule has 114 valence electrons. The van der Waals surface area contributed by atoms with Crippen LogP contribution in [0.25, 0.3) is 0 Å². The molecule has 0 radical (unpaired) electrons. The van der Waals surface area contributed by atoms with Gasteiger partial charge < -0.3 is 10.5 Å². The van der Waals surface area contributed by atoms with Gasteiger partial charge in [-0.1, -0.05) is 18.9 Å². The van der Waals surface area contributed by atoms with Crippen molar-refractivity contribution in [1.82, 2.24) is 4.90 Å². The fraction of sp³-hybridized carbons (Fsp3) is 0.667. The van der Waals surface area contributed by atoms with E-state index in [2.05, 4.69) is 17.0 Å². The monoisotopic (exact) mass is 286 g/mol. The van der Waals surface area contributed by atoms with Crippen molar-refractivity contribution < 1.29 is 4.74 Å².